The minimum atomic E-state index is 0.171. The van der Waals surface area contributed by atoms with Crippen LogP contribution >= 0.6 is 0 Å². The van der Waals surface area contributed by atoms with Crippen molar-refractivity contribution in [1.82, 2.24) is 4.98 Å². The van der Waals surface area contributed by atoms with Crippen LogP contribution in [0.5, 0.6) is 17.2 Å². The first-order valence-corrected chi connectivity index (χ1v) is 6.25. The number of hydrogen-bond acceptors (Lipinski definition) is 5. The number of rotatable bonds is 5. The maximum Gasteiger partial charge on any atom is 0.142 e. The van der Waals surface area contributed by atoms with Gasteiger partial charge in [0.25, 0.3) is 0 Å². The lowest BCUT2D eigenvalue weighted by Crippen LogP contribution is -2.04. The predicted octanol–water partition coefficient (Wildman–Crippen LogP) is 2.72. The number of methoxy groups -OCH3 is 2. The summed E-state index contributed by atoms with van der Waals surface area (Å²) in [6, 6.07) is 8.90. The van der Waals surface area contributed by atoms with E-state index in [-0.39, 0.29) is 5.75 Å². The standard InChI is InChI=1S/C15H18N2O3/c1-10-4-6-14(18)13(17-10)9-16-12-8-11(19-2)5-7-15(12)20-3/h4-8,16,18H,9H2,1-3H3. The van der Waals surface area contributed by atoms with Gasteiger partial charge in [-0.3, -0.25) is 4.98 Å². The Hall–Kier alpha value is -2.43. The molecule has 2 N–H and O–H groups in total. The average molecular weight is 274 g/mol. The summed E-state index contributed by atoms with van der Waals surface area (Å²) in [6.07, 6.45) is 0. The summed E-state index contributed by atoms with van der Waals surface area (Å²) in [7, 11) is 3.22. The van der Waals surface area contributed by atoms with Gasteiger partial charge in [-0.25, -0.2) is 0 Å². The van der Waals surface area contributed by atoms with E-state index < -0.39 is 0 Å². The Labute approximate surface area is 118 Å². The van der Waals surface area contributed by atoms with Gasteiger partial charge >= 0.3 is 0 Å². The van der Waals surface area contributed by atoms with Gasteiger partial charge in [-0.15, -0.1) is 0 Å². The molecular weight excluding hydrogens is 256 g/mol. The molecule has 20 heavy (non-hydrogen) atoms. The van der Waals surface area contributed by atoms with E-state index in [4.69, 9.17) is 9.47 Å². The van der Waals surface area contributed by atoms with Crippen molar-refractivity contribution in [3.8, 4) is 17.2 Å². The summed E-state index contributed by atoms with van der Waals surface area (Å²) in [4.78, 5) is 4.30. The number of hydrogen-bond donors (Lipinski definition) is 2. The molecule has 1 aromatic carbocycles. The van der Waals surface area contributed by atoms with Gasteiger partial charge in [-0.1, -0.05) is 0 Å². The average Bonchev–Trinajstić information content (AvgIpc) is 2.47. The Balaban J connectivity index is 2.19. The van der Waals surface area contributed by atoms with Crippen LogP contribution in [0.3, 0.4) is 0 Å². The number of anilines is 1. The molecule has 0 saturated carbocycles. The van der Waals surface area contributed by atoms with Gasteiger partial charge in [0.2, 0.25) is 0 Å². The second-order valence-electron chi connectivity index (χ2n) is 4.34. The van der Waals surface area contributed by atoms with Crippen molar-refractivity contribution in [2.75, 3.05) is 19.5 Å². The molecule has 2 rings (SSSR count). The van der Waals surface area contributed by atoms with E-state index in [1.807, 2.05) is 25.1 Å². The lowest BCUT2D eigenvalue weighted by molar-refractivity contribution is 0.404. The number of ether oxygens (including phenoxy) is 2. The van der Waals surface area contributed by atoms with Gasteiger partial charge in [-0.05, 0) is 31.2 Å². The Morgan fingerprint density at radius 1 is 1.15 bits per heavy atom. The normalized spacial score (nSPS) is 10.2. The number of nitrogens with zero attached hydrogens (tertiary/aromatic N) is 1. The molecule has 2 aromatic rings. The first kappa shape index (κ1) is 14.0. The van der Waals surface area contributed by atoms with Crippen LogP contribution in [0.2, 0.25) is 0 Å². The summed E-state index contributed by atoms with van der Waals surface area (Å²) in [5, 5.41) is 13.0. The van der Waals surface area contributed by atoms with Gasteiger partial charge in [0.1, 0.15) is 22.9 Å². The van der Waals surface area contributed by atoms with Gasteiger partial charge in [0.15, 0.2) is 0 Å². The van der Waals surface area contributed by atoms with Crippen molar-refractivity contribution in [3.05, 3.63) is 41.7 Å². The van der Waals surface area contributed by atoms with Crippen LogP contribution in [-0.2, 0) is 6.54 Å². The number of pyridine rings is 1. The van der Waals surface area contributed by atoms with Crippen molar-refractivity contribution in [3.63, 3.8) is 0 Å². The largest absolute Gasteiger partial charge is 0.506 e. The van der Waals surface area contributed by atoms with E-state index in [1.54, 1.807) is 26.4 Å². The fraction of sp³-hybridized carbons (Fsp3) is 0.267. The molecule has 0 spiro atoms. The third kappa shape index (κ3) is 3.12. The fourth-order valence-electron chi connectivity index (χ4n) is 1.86. The first-order chi connectivity index (χ1) is 9.63. The van der Waals surface area contributed by atoms with E-state index in [9.17, 15) is 5.11 Å². The van der Waals surface area contributed by atoms with Crippen molar-refractivity contribution in [2.24, 2.45) is 0 Å². The topological polar surface area (TPSA) is 63.6 Å². The summed E-state index contributed by atoms with van der Waals surface area (Å²) in [5.41, 5.74) is 2.24. The summed E-state index contributed by atoms with van der Waals surface area (Å²) in [6.45, 7) is 2.28. The molecule has 0 radical (unpaired) electrons. The quantitative estimate of drug-likeness (QED) is 0.877. The molecule has 0 saturated heterocycles. The zero-order chi connectivity index (χ0) is 14.5. The van der Waals surface area contributed by atoms with E-state index in [1.165, 1.54) is 0 Å². The highest BCUT2D eigenvalue weighted by Gasteiger charge is 2.07. The molecule has 0 atom stereocenters. The molecule has 0 fully saturated rings. The number of aromatic nitrogens is 1. The van der Waals surface area contributed by atoms with Crippen molar-refractivity contribution in [1.29, 1.82) is 0 Å². The molecule has 106 valence electrons. The molecule has 0 aliphatic carbocycles. The van der Waals surface area contributed by atoms with Gasteiger partial charge in [0, 0.05) is 11.8 Å². The Morgan fingerprint density at radius 3 is 2.65 bits per heavy atom. The second kappa shape index (κ2) is 6.14. The zero-order valence-corrected chi connectivity index (χ0v) is 11.8. The van der Waals surface area contributed by atoms with E-state index in [0.29, 0.717) is 18.0 Å². The molecule has 1 aromatic heterocycles. The maximum atomic E-state index is 9.78. The van der Waals surface area contributed by atoms with Gasteiger partial charge < -0.3 is 19.9 Å². The highest BCUT2D eigenvalue weighted by atomic mass is 16.5. The van der Waals surface area contributed by atoms with Gasteiger partial charge in [-0.2, -0.15) is 0 Å². The Bertz CT molecular complexity index is 600. The highest BCUT2D eigenvalue weighted by molar-refractivity contribution is 5.60. The predicted molar refractivity (Wildman–Crippen MR) is 77.5 cm³/mol. The third-order valence-electron chi connectivity index (χ3n) is 2.94. The number of aryl methyl sites for hydroxylation is 1. The highest BCUT2D eigenvalue weighted by Crippen LogP contribution is 2.29. The zero-order valence-electron chi connectivity index (χ0n) is 11.8. The molecule has 0 aliphatic heterocycles. The first-order valence-electron chi connectivity index (χ1n) is 6.25. The molecule has 1 heterocycles. The van der Waals surface area contributed by atoms with Crippen LogP contribution in [-0.4, -0.2) is 24.3 Å². The van der Waals surface area contributed by atoms with Gasteiger partial charge in [0.05, 0.1) is 26.5 Å². The second-order valence-corrected chi connectivity index (χ2v) is 4.34. The number of benzene rings is 1. The summed E-state index contributed by atoms with van der Waals surface area (Å²) >= 11 is 0. The van der Waals surface area contributed by atoms with Crippen molar-refractivity contribution < 1.29 is 14.6 Å². The number of aromatic hydroxyl groups is 1. The fourth-order valence-corrected chi connectivity index (χ4v) is 1.86. The minimum Gasteiger partial charge on any atom is -0.506 e. The summed E-state index contributed by atoms with van der Waals surface area (Å²) < 4.78 is 10.5. The van der Waals surface area contributed by atoms with E-state index in [2.05, 4.69) is 10.3 Å². The molecule has 0 unspecified atom stereocenters. The molecule has 5 heteroatoms. The van der Waals surface area contributed by atoms with E-state index >= 15 is 0 Å². The smallest absolute Gasteiger partial charge is 0.142 e. The van der Waals surface area contributed by atoms with Crippen LogP contribution in [0.1, 0.15) is 11.4 Å². The van der Waals surface area contributed by atoms with Crippen LogP contribution < -0.4 is 14.8 Å². The molecule has 0 amide bonds. The van der Waals surface area contributed by atoms with E-state index in [0.717, 1.165) is 17.1 Å². The SMILES string of the molecule is COc1ccc(OC)c(NCc2nc(C)ccc2O)c1. The Kier molecular flexibility index (Phi) is 4.30. The van der Waals surface area contributed by atoms with Crippen LogP contribution in [0.4, 0.5) is 5.69 Å². The van der Waals surface area contributed by atoms with Crippen molar-refractivity contribution >= 4 is 5.69 Å². The maximum absolute atomic E-state index is 9.78. The summed E-state index contributed by atoms with van der Waals surface area (Å²) in [5.74, 6) is 1.61. The van der Waals surface area contributed by atoms with Crippen LogP contribution in [0.25, 0.3) is 0 Å². The molecular formula is C15H18N2O3. The monoisotopic (exact) mass is 274 g/mol. The third-order valence-corrected chi connectivity index (χ3v) is 2.94. The molecule has 5 nitrogen and oxygen atoms in total. The molecule has 0 bridgehead atoms. The Morgan fingerprint density at radius 2 is 1.95 bits per heavy atom. The minimum absolute atomic E-state index is 0.171. The lowest BCUT2D eigenvalue weighted by Gasteiger charge is -2.13. The van der Waals surface area contributed by atoms with Crippen LogP contribution in [0.15, 0.2) is 30.3 Å². The lowest BCUT2D eigenvalue weighted by atomic mass is 10.2. The van der Waals surface area contributed by atoms with Crippen LogP contribution in [0, 0.1) is 6.92 Å². The molecule has 0 aliphatic rings. The van der Waals surface area contributed by atoms with Crippen molar-refractivity contribution in [2.45, 2.75) is 13.5 Å². The number of nitrogens with one attached hydrogen (secondary N) is 1.